The topological polar surface area (TPSA) is 43.1 Å². The van der Waals surface area contributed by atoms with Crippen molar-refractivity contribution in [3.05, 3.63) is 108 Å². The third-order valence-corrected chi connectivity index (χ3v) is 7.89. The van der Waals surface area contributed by atoms with Crippen LogP contribution in [0.3, 0.4) is 0 Å². The Labute approximate surface area is 205 Å². The smallest absolute Gasteiger partial charge is 0.233 e. The van der Waals surface area contributed by atoms with Gasteiger partial charge in [-0.3, -0.25) is 4.79 Å². The van der Waals surface area contributed by atoms with Crippen LogP contribution in [0.15, 0.2) is 91.0 Å². The molecular formula is C31H39N2O+. The second-order valence-corrected chi connectivity index (χ2v) is 10.3. The summed E-state index contributed by atoms with van der Waals surface area (Å²) in [7, 11) is 2.37. The number of nitrogens with two attached hydrogens (primary N) is 1. The van der Waals surface area contributed by atoms with Gasteiger partial charge < -0.3 is 10.2 Å². The van der Waals surface area contributed by atoms with E-state index in [1.807, 2.05) is 36.4 Å². The molecule has 1 fully saturated rings. The summed E-state index contributed by atoms with van der Waals surface area (Å²) in [5.41, 5.74) is 8.96. The van der Waals surface area contributed by atoms with E-state index < -0.39 is 5.41 Å². The molecule has 0 aromatic heterocycles. The number of rotatable bonds is 11. The van der Waals surface area contributed by atoms with Gasteiger partial charge in [-0.05, 0) is 42.4 Å². The van der Waals surface area contributed by atoms with E-state index in [2.05, 4.69) is 61.6 Å². The highest BCUT2D eigenvalue weighted by Crippen LogP contribution is 2.45. The largest absolute Gasteiger partial charge is 0.369 e. The molecule has 0 bridgehead atoms. The summed E-state index contributed by atoms with van der Waals surface area (Å²) < 4.78 is 1.03. The van der Waals surface area contributed by atoms with Crippen LogP contribution in [0.4, 0.5) is 0 Å². The molecule has 2 atom stereocenters. The Morgan fingerprint density at radius 3 is 1.91 bits per heavy atom. The van der Waals surface area contributed by atoms with E-state index in [1.165, 1.54) is 44.2 Å². The summed E-state index contributed by atoms with van der Waals surface area (Å²) in [6.45, 7) is 3.25. The first-order valence-electron chi connectivity index (χ1n) is 12.8. The normalized spacial score (nSPS) is 20.3. The minimum absolute atomic E-state index is 0.192. The lowest BCUT2D eigenvalue weighted by molar-refractivity contribution is -0.899. The van der Waals surface area contributed by atoms with Crippen LogP contribution in [0.25, 0.3) is 0 Å². The van der Waals surface area contributed by atoms with Crippen LogP contribution in [0.2, 0.25) is 0 Å². The summed E-state index contributed by atoms with van der Waals surface area (Å²) in [5.74, 6) is -0.0397. The molecule has 178 valence electrons. The van der Waals surface area contributed by atoms with Crippen molar-refractivity contribution in [1.29, 1.82) is 0 Å². The average molecular weight is 456 g/mol. The van der Waals surface area contributed by atoms with Gasteiger partial charge in [0.25, 0.3) is 0 Å². The number of hydrogen-bond donors (Lipinski definition) is 1. The average Bonchev–Trinajstić information content (AvgIpc) is 3.25. The number of quaternary nitrogens is 1. The van der Waals surface area contributed by atoms with Crippen LogP contribution < -0.4 is 5.73 Å². The van der Waals surface area contributed by atoms with Gasteiger partial charge in [-0.15, -0.1) is 0 Å². The molecule has 3 aromatic rings. The number of benzene rings is 3. The highest BCUT2D eigenvalue weighted by molar-refractivity contribution is 5.91. The van der Waals surface area contributed by atoms with Crippen molar-refractivity contribution in [3.8, 4) is 0 Å². The lowest BCUT2D eigenvalue weighted by Gasteiger charge is -2.38. The lowest BCUT2D eigenvalue weighted by Crippen LogP contribution is -2.51. The van der Waals surface area contributed by atoms with Crippen LogP contribution in [-0.4, -0.2) is 37.1 Å². The van der Waals surface area contributed by atoms with Crippen molar-refractivity contribution >= 4 is 5.91 Å². The second kappa shape index (κ2) is 11.0. The number of unbranched alkanes of at least 4 members (excludes halogenated alkanes) is 3. The molecule has 3 aromatic carbocycles. The number of aryl methyl sites for hydroxylation is 1. The van der Waals surface area contributed by atoms with Crippen LogP contribution in [0.5, 0.6) is 0 Å². The lowest BCUT2D eigenvalue weighted by atomic mass is 9.64. The molecule has 1 saturated heterocycles. The van der Waals surface area contributed by atoms with E-state index >= 15 is 0 Å². The maximum Gasteiger partial charge on any atom is 0.233 e. The van der Waals surface area contributed by atoms with E-state index in [0.29, 0.717) is 0 Å². The van der Waals surface area contributed by atoms with Gasteiger partial charge in [0.1, 0.15) is 5.41 Å². The fourth-order valence-corrected chi connectivity index (χ4v) is 6.09. The first-order chi connectivity index (χ1) is 16.5. The molecule has 1 aliphatic heterocycles. The van der Waals surface area contributed by atoms with E-state index in [1.54, 1.807) is 0 Å². The molecule has 3 nitrogen and oxygen atoms in total. The number of primary amides is 1. The third-order valence-electron chi connectivity index (χ3n) is 7.89. The van der Waals surface area contributed by atoms with Gasteiger partial charge in [0.05, 0.1) is 26.7 Å². The highest BCUT2D eigenvalue weighted by Gasteiger charge is 2.53. The number of nitrogens with zero attached hydrogens (tertiary/aromatic N) is 1. The number of amides is 1. The molecule has 1 amide bonds. The quantitative estimate of drug-likeness (QED) is 0.291. The zero-order chi connectivity index (χ0) is 23.9. The molecule has 0 saturated carbocycles. The molecule has 3 heteroatoms. The van der Waals surface area contributed by atoms with Crippen molar-refractivity contribution in [2.75, 3.05) is 26.7 Å². The van der Waals surface area contributed by atoms with E-state index in [-0.39, 0.29) is 11.8 Å². The van der Waals surface area contributed by atoms with Gasteiger partial charge in [-0.25, -0.2) is 0 Å². The van der Waals surface area contributed by atoms with E-state index in [0.717, 1.165) is 35.1 Å². The predicted molar refractivity (Wildman–Crippen MR) is 140 cm³/mol. The molecule has 4 rings (SSSR count). The van der Waals surface area contributed by atoms with Crippen LogP contribution >= 0.6 is 0 Å². The summed E-state index contributed by atoms with van der Waals surface area (Å²) in [4.78, 5) is 13.3. The maximum atomic E-state index is 13.3. The van der Waals surface area contributed by atoms with Gasteiger partial charge in [0.15, 0.2) is 0 Å². The van der Waals surface area contributed by atoms with Gasteiger partial charge in [-0.2, -0.15) is 0 Å². The number of hydrogen-bond acceptors (Lipinski definition) is 1. The van der Waals surface area contributed by atoms with Gasteiger partial charge in [-0.1, -0.05) is 97.4 Å². The van der Waals surface area contributed by atoms with E-state index in [4.69, 9.17) is 5.73 Å². The Balaban J connectivity index is 1.42. The fraction of sp³-hybridized carbons (Fsp3) is 0.387. The standard InChI is InChI=1S/C31H38N2O/c1-33(23-14-3-2-7-15-26-16-8-4-9-17-26)24-22-29(25-33)31(30(32)34,27-18-10-5-11-19-27)28-20-12-6-13-21-28/h4-6,8-13,16-21,29H,2-3,7,14-15,22-25H2,1H3,(H-,32,34)/p+1. The van der Waals surface area contributed by atoms with Gasteiger partial charge in [0, 0.05) is 12.3 Å². The van der Waals surface area contributed by atoms with Crippen molar-refractivity contribution < 1.29 is 9.28 Å². The predicted octanol–water partition coefficient (Wildman–Crippen LogP) is 5.73. The molecule has 34 heavy (non-hydrogen) atoms. The highest BCUT2D eigenvalue weighted by atomic mass is 16.1. The molecular weight excluding hydrogens is 416 g/mol. The zero-order valence-corrected chi connectivity index (χ0v) is 20.5. The van der Waals surface area contributed by atoms with Crippen LogP contribution in [0, 0.1) is 5.92 Å². The van der Waals surface area contributed by atoms with Crippen molar-refractivity contribution in [2.45, 2.75) is 43.9 Å². The number of carbonyl (C=O) groups is 1. The number of likely N-dealkylation sites (tertiary alicyclic amines) is 1. The minimum atomic E-state index is -0.784. The van der Waals surface area contributed by atoms with Crippen molar-refractivity contribution in [3.63, 3.8) is 0 Å². The third kappa shape index (κ3) is 5.26. The van der Waals surface area contributed by atoms with Crippen molar-refractivity contribution in [1.82, 2.24) is 0 Å². The summed E-state index contributed by atoms with van der Waals surface area (Å²) in [5, 5.41) is 0. The SMILES string of the molecule is C[N+]1(CCCCCCc2ccccc2)CCC(C(C(N)=O)(c2ccccc2)c2ccccc2)C1. The van der Waals surface area contributed by atoms with E-state index in [9.17, 15) is 4.79 Å². The molecule has 2 N–H and O–H groups in total. The fourth-order valence-electron chi connectivity index (χ4n) is 6.09. The monoisotopic (exact) mass is 455 g/mol. The Kier molecular flexibility index (Phi) is 7.84. The second-order valence-electron chi connectivity index (χ2n) is 10.3. The summed E-state index contributed by atoms with van der Waals surface area (Å²) >= 11 is 0. The zero-order valence-electron chi connectivity index (χ0n) is 20.5. The maximum absolute atomic E-state index is 13.3. The molecule has 2 unspecified atom stereocenters. The van der Waals surface area contributed by atoms with Crippen molar-refractivity contribution in [2.24, 2.45) is 11.7 Å². The Bertz CT molecular complexity index is 995. The Morgan fingerprint density at radius 2 is 1.35 bits per heavy atom. The Morgan fingerprint density at radius 1 is 0.824 bits per heavy atom. The van der Waals surface area contributed by atoms with Crippen LogP contribution in [-0.2, 0) is 16.6 Å². The molecule has 0 spiro atoms. The first-order valence-corrected chi connectivity index (χ1v) is 12.8. The summed E-state index contributed by atoms with van der Waals surface area (Å²) in [6, 6.07) is 31.2. The Hall–Kier alpha value is -2.91. The van der Waals surface area contributed by atoms with Gasteiger partial charge in [0.2, 0.25) is 5.91 Å². The molecule has 0 aliphatic carbocycles. The van der Waals surface area contributed by atoms with Crippen LogP contribution in [0.1, 0.15) is 48.8 Å². The number of carbonyl (C=O) groups excluding carboxylic acids is 1. The van der Waals surface area contributed by atoms with Gasteiger partial charge >= 0.3 is 0 Å². The molecule has 0 radical (unpaired) electrons. The molecule has 1 aliphatic rings. The first kappa shape index (κ1) is 24.2. The summed E-state index contributed by atoms with van der Waals surface area (Å²) in [6.07, 6.45) is 7.21. The molecule has 1 heterocycles. The minimum Gasteiger partial charge on any atom is -0.369 e.